The van der Waals surface area contributed by atoms with Gasteiger partial charge >= 0.3 is 6.18 Å². The van der Waals surface area contributed by atoms with Crippen LogP contribution in [0.4, 0.5) is 17.6 Å². The zero-order valence-electron chi connectivity index (χ0n) is 14.1. The Morgan fingerprint density at radius 1 is 1.15 bits per heavy atom. The topological polar surface area (TPSA) is 59.8 Å². The normalized spacial score (nSPS) is 11.4. The van der Waals surface area contributed by atoms with Gasteiger partial charge in [0.2, 0.25) is 5.82 Å². The molecule has 0 spiro atoms. The number of carbonyl (C=O) groups is 1. The van der Waals surface area contributed by atoms with Gasteiger partial charge in [-0.05, 0) is 48.9 Å². The van der Waals surface area contributed by atoms with Crippen LogP contribution in [-0.2, 0) is 12.7 Å². The van der Waals surface area contributed by atoms with Crippen molar-refractivity contribution in [2.45, 2.75) is 19.6 Å². The maximum Gasteiger partial charge on any atom is 0.416 e. The van der Waals surface area contributed by atoms with Crippen LogP contribution in [-0.4, -0.2) is 20.7 Å². The van der Waals surface area contributed by atoms with E-state index in [1.54, 1.807) is 6.92 Å². The lowest BCUT2D eigenvalue weighted by atomic mass is 10.1. The van der Waals surface area contributed by atoms with Gasteiger partial charge in [0.25, 0.3) is 5.91 Å². The molecule has 1 N–H and O–H groups in total. The van der Waals surface area contributed by atoms with E-state index < -0.39 is 23.5 Å². The van der Waals surface area contributed by atoms with Gasteiger partial charge in [-0.15, -0.1) is 5.10 Å². The first-order valence-corrected chi connectivity index (χ1v) is 7.88. The molecular weight excluding hydrogens is 364 g/mol. The first kappa shape index (κ1) is 18.6. The number of carbonyl (C=O) groups excluding carboxylic acids is 1. The molecule has 1 heterocycles. The number of aromatic nitrogens is 3. The van der Waals surface area contributed by atoms with Crippen molar-refractivity contribution in [3.05, 3.63) is 77.1 Å². The number of hydrogen-bond acceptors (Lipinski definition) is 3. The van der Waals surface area contributed by atoms with E-state index in [0.717, 1.165) is 12.1 Å². The number of rotatable bonds is 4. The summed E-state index contributed by atoms with van der Waals surface area (Å²) in [4.78, 5) is 16.3. The fourth-order valence-corrected chi connectivity index (χ4v) is 2.43. The van der Waals surface area contributed by atoms with E-state index in [2.05, 4.69) is 15.4 Å². The Bertz CT molecular complexity index is 964. The lowest BCUT2D eigenvalue weighted by Crippen LogP contribution is -2.24. The highest BCUT2D eigenvalue weighted by Gasteiger charge is 2.30. The number of nitrogens with zero attached hydrogens (tertiary/aromatic N) is 3. The molecule has 27 heavy (non-hydrogen) atoms. The van der Waals surface area contributed by atoms with Gasteiger partial charge in [-0.3, -0.25) is 4.79 Å². The van der Waals surface area contributed by atoms with Gasteiger partial charge in [-0.25, -0.2) is 14.1 Å². The summed E-state index contributed by atoms with van der Waals surface area (Å²) >= 11 is 0. The fraction of sp³-hybridized carbons (Fsp3) is 0.167. The van der Waals surface area contributed by atoms with Crippen LogP contribution in [0.3, 0.4) is 0 Å². The Kier molecular flexibility index (Phi) is 4.93. The van der Waals surface area contributed by atoms with Crippen molar-refractivity contribution in [1.82, 2.24) is 20.1 Å². The minimum Gasteiger partial charge on any atom is -0.345 e. The molecule has 0 atom stereocenters. The molecule has 0 aliphatic carbocycles. The lowest BCUT2D eigenvalue weighted by Gasteiger charge is -2.09. The summed E-state index contributed by atoms with van der Waals surface area (Å²) in [6.45, 7) is 1.52. The van der Waals surface area contributed by atoms with Crippen molar-refractivity contribution in [3.63, 3.8) is 0 Å². The van der Waals surface area contributed by atoms with Gasteiger partial charge in [0.05, 0.1) is 11.3 Å². The molecule has 5 nitrogen and oxygen atoms in total. The maximum absolute atomic E-state index is 13.0. The van der Waals surface area contributed by atoms with Crippen LogP contribution in [0.2, 0.25) is 0 Å². The molecule has 3 aromatic rings. The predicted molar refractivity (Wildman–Crippen MR) is 88.7 cm³/mol. The van der Waals surface area contributed by atoms with Gasteiger partial charge in [0, 0.05) is 6.54 Å². The van der Waals surface area contributed by atoms with E-state index in [0.29, 0.717) is 17.1 Å². The number of amides is 1. The predicted octanol–water partition coefficient (Wildman–Crippen LogP) is 3.66. The summed E-state index contributed by atoms with van der Waals surface area (Å²) in [6, 6.07) is 10.2. The molecule has 2 aromatic carbocycles. The van der Waals surface area contributed by atoms with Gasteiger partial charge in [0.15, 0.2) is 0 Å². The molecular formula is C18H14F4N4O. The Hall–Kier alpha value is -3.23. The number of nitrogens with one attached hydrogen (secondary N) is 1. The highest BCUT2D eigenvalue weighted by molar-refractivity contribution is 5.90. The molecule has 3 rings (SSSR count). The zero-order valence-corrected chi connectivity index (χ0v) is 14.1. The van der Waals surface area contributed by atoms with Crippen LogP contribution < -0.4 is 5.32 Å². The van der Waals surface area contributed by atoms with Crippen LogP contribution in [0.25, 0.3) is 5.69 Å². The number of hydrogen-bond donors (Lipinski definition) is 1. The van der Waals surface area contributed by atoms with Crippen LogP contribution in [0.5, 0.6) is 0 Å². The largest absolute Gasteiger partial charge is 0.416 e. The van der Waals surface area contributed by atoms with Gasteiger partial charge in [-0.2, -0.15) is 13.2 Å². The van der Waals surface area contributed by atoms with Gasteiger partial charge < -0.3 is 5.32 Å². The third-order valence-corrected chi connectivity index (χ3v) is 3.75. The first-order chi connectivity index (χ1) is 12.7. The summed E-state index contributed by atoms with van der Waals surface area (Å²) in [5, 5.41) is 6.56. The van der Waals surface area contributed by atoms with Gasteiger partial charge in [0.1, 0.15) is 11.6 Å². The number of aryl methyl sites for hydroxylation is 1. The van der Waals surface area contributed by atoms with Crippen molar-refractivity contribution in [2.75, 3.05) is 0 Å². The Balaban J connectivity index is 1.72. The lowest BCUT2D eigenvalue weighted by molar-refractivity contribution is -0.137. The highest BCUT2D eigenvalue weighted by Crippen LogP contribution is 2.29. The average Bonchev–Trinajstić information content (AvgIpc) is 3.02. The average molecular weight is 378 g/mol. The molecule has 1 aromatic heterocycles. The van der Waals surface area contributed by atoms with E-state index >= 15 is 0 Å². The minimum absolute atomic E-state index is 0.104. The number of benzene rings is 2. The SMILES string of the molecule is Cc1nc(C(=O)NCc2cccc(C(F)(F)F)c2)nn1-c1ccc(F)cc1. The Morgan fingerprint density at radius 3 is 2.52 bits per heavy atom. The van der Waals surface area contributed by atoms with Crippen molar-refractivity contribution in [3.8, 4) is 5.69 Å². The molecule has 0 saturated carbocycles. The first-order valence-electron chi connectivity index (χ1n) is 7.88. The number of alkyl halides is 3. The van der Waals surface area contributed by atoms with E-state index in [9.17, 15) is 22.4 Å². The monoisotopic (exact) mass is 378 g/mol. The quantitative estimate of drug-likeness (QED) is 0.705. The summed E-state index contributed by atoms with van der Waals surface area (Å²) in [7, 11) is 0. The molecule has 0 aliphatic rings. The van der Waals surface area contributed by atoms with Crippen molar-refractivity contribution < 1.29 is 22.4 Å². The third-order valence-electron chi connectivity index (χ3n) is 3.75. The molecule has 0 fully saturated rings. The van der Waals surface area contributed by atoms with E-state index in [1.165, 1.54) is 41.1 Å². The molecule has 0 aliphatic heterocycles. The highest BCUT2D eigenvalue weighted by atomic mass is 19.4. The Labute approximate surface area is 151 Å². The van der Waals surface area contributed by atoms with E-state index in [-0.39, 0.29) is 12.4 Å². The minimum atomic E-state index is -4.45. The molecule has 1 amide bonds. The van der Waals surface area contributed by atoms with E-state index in [1.807, 2.05) is 0 Å². The maximum atomic E-state index is 13.0. The number of halogens is 4. The molecule has 9 heteroatoms. The second-order valence-corrected chi connectivity index (χ2v) is 5.75. The van der Waals surface area contributed by atoms with Crippen LogP contribution in [0, 0.1) is 12.7 Å². The third kappa shape index (κ3) is 4.30. The summed E-state index contributed by atoms with van der Waals surface area (Å²) in [5.74, 6) is -0.762. The standard InChI is InChI=1S/C18H14F4N4O/c1-11-24-16(25-26(11)15-7-5-14(19)6-8-15)17(27)23-10-12-3-2-4-13(9-12)18(20,21)22/h2-9H,10H2,1H3,(H,23,27). The second kappa shape index (κ2) is 7.18. The smallest absolute Gasteiger partial charge is 0.345 e. The van der Waals surface area contributed by atoms with Gasteiger partial charge in [-0.1, -0.05) is 12.1 Å². The molecule has 0 bridgehead atoms. The van der Waals surface area contributed by atoms with Crippen LogP contribution in [0.1, 0.15) is 27.6 Å². The summed E-state index contributed by atoms with van der Waals surface area (Å²) in [6.07, 6.45) is -4.45. The molecule has 0 saturated heterocycles. The zero-order chi connectivity index (χ0) is 19.6. The molecule has 140 valence electrons. The molecule has 0 radical (unpaired) electrons. The van der Waals surface area contributed by atoms with Crippen LogP contribution in [0.15, 0.2) is 48.5 Å². The van der Waals surface area contributed by atoms with Crippen molar-refractivity contribution >= 4 is 5.91 Å². The van der Waals surface area contributed by atoms with Crippen molar-refractivity contribution in [2.24, 2.45) is 0 Å². The molecule has 0 unspecified atom stereocenters. The van der Waals surface area contributed by atoms with E-state index in [4.69, 9.17) is 0 Å². The summed E-state index contributed by atoms with van der Waals surface area (Å²) in [5.41, 5.74) is 0.0370. The van der Waals surface area contributed by atoms with Crippen LogP contribution >= 0.6 is 0 Å². The Morgan fingerprint density at radius 2 is 1.85 bits per heavy atom. The fourth-order valence-electron chi connectivity index (χ4n) is 2.43. The summed E-state index contributed by atoms with van der Waals surface area (Å²) < 4.78 is 52.6. The second-order valence-electron chi connectivity index (χ2n) is 5.75. The van der Waals surface area contributed by atoms with Crippen molar-refractivity contribution in [1.29, 1.82) is 0 Å².